The summed E-state index contributed by atoms with van der Waals surface area (Å²) in [7, 11) is -3.23. The smallest absolute Gasteiger partial charge is 0.338 e. The van der Waals surface area contributed by atoms with Crippen LogP contribution >= 0.6 is 15.9 Å². The second-order valence-electron chi connectivity index (χ2n) is 6.65. The number of rotatable bonds is 1. The van der Waals surface area contributed by atoms with E-state index < -0.39 is 50.6 Å². The van der Waals surface area contributed by atoms with Crippen LogP contribution in [-0.4, -0.2) is 31.6 Å². The minimum absolute atomic E-state index is 0.0920. The molecule has 1 aliphatic heterocycles. The minimum Gasteiger partial charge on any atom is -0.505 e. The van der Waals surface area contributed by atoms with E-state index in [4.69, 9.17) is 9.47 Å². The molecule has 0 saturated heterocycles. The number of esters is 1. The molecule has 0 saturated carbocycles. The number of halogens is 3. The van der Waals surface area contributed by atoms with E-state index in [1.54, 1.807) is 0 Å². The number of nitrogens with one attached hydrogen (secondary N) is 1. The van der Waals surface area contributed by atoms with Crippen molar-refractivity contribution in [1.82, 2.24) is 4.98 Å². The lowest BCUT2D eigenvalue weighted by Crippen LogP contribution is -2.15. The highest BCUT2D eigenvalue weighted by molar-refractivity contribution is 9.10. The third kappa shape index (κ3) is 3.86. The molecule has 12 heteroatoms. The van der Waals surface area contributed by atoms with E-state index in [1.165, 1.54) is 19.2 Å². The van der Waals surface area contributed by atoms with Gasteiger partial charge in [-0.05, 0) is 40.2 Å². The third-order valence-electron chi connectivity index (χ3n) is 4.64. The Labute approximate surface area is 189 Å². The number of hydrogen-bond acceptors (Lipinski definition) is 7. The van der Waals surface area contributed by atoms with Crippen molar-refractivity contribution in [3.63, 3.8) is 0 Å². The number of methoxy groups -OCH3 is 1. The standard InChI is InChI=1S/C20H13BrF2N2O6S/c1-30-18-3-2-10-11-6-15(14(23)7-13(11)22)25-32(28,29)17-5-9(4-12(21)19(17)26)20(27)31-8-16(10)24-18/h2-7,25-26H,8H2,1H3. The summed E-state index contributed by atoms with van der Waals surface area (Å²) in [6, 6.07) is 6.35. The molecular weight excluding hydrogens is 514 g/mol. The SMILES string of the molecule is COc1ccc2c(n1)COC(=O)c1cc(Br)c(O)c(c1)S(=O)(=O)Nc1cc-2c(F)cc1F. The summed E-state index contributed by atoms with van der Waals surface area (Å²) in [6.07, 6.45) is 0. The Bertz CT molecular complexity index is 1380. The Balaban J connectivity index is 2.01. The Hall–Kier alpha value is -3.25. The molecule has 166 valence electrons. The van der Waals surface area contributed by atoms with Gasteiger partial charge in [-0.3, -0.25) is 4.72 Å². The topological polar surface area (TPSA) is 115 Å². The number of cyclic esters (lactones) is 1. The van der Waals surface area contributed by atoms with Crippen LogP contribution in [0.25, 0.3) is 11.1 Å². The van der Waals surface area contributed by atoms with E-state index in [0.29, 0.717) is 6.07 Å². The van der Waals surface area contributed by atoms with Crippen LogP contribution in [0, 0.1) is 11.6 Å². The minimum atomic E-state index is -4.59. The van der Waals surface area contributed by atoms with Crippen LogP contribution < -0.4 is 9.46 Å². The highest BCUT2D eigenvalue weighted by atomic mass is 79.9. The van der Waals surface area contributed by atoms with Crippen molar-refractivity contribution in [1.29, 1.82) is 0 Å². The van der Waals surface area contributed by atoms with Gasteiger partial charge in [-0.1, -0.05) is 0 Å². The van der Waals surface area contributed by atoms with E-state index >= 15 is 0 Å². The normalized spacial score (nSPS) is 14.7. The quantitative estimate of drug-likeness (QED) is 0.461. The molecule has 0 spiro atoms. The maximum atomic E-state index is 14.7. The van der Waals surface area contributed by atoms with Crippen LogP contribution in [0.4, 0.5) is 14.5 Å². The van der Waals surface area contributed by atoms with Gasteiger partial charge in [0, 0.05) is 23.3 Å². The van der Waals surface area contributed by atoms with Crippen molar-refractivity contribution in [2.24, 2.45) is 0 Å². The van der Waals surface area contributed by atoms with Crippen LogP contribution in [0.2, 0.25) is 0 Å². The number of phenols is 1. The Morgan fingerprint density at radius 1 is 1.16 bits per heavy atom. The van der Waals surface area contributed by atoms with Gasteiger partial charge in [0.1, 0.15) is 28.9 Å². The van der Waals surface area contributed by atoms with Gasteiger partial charge in [-0.25, -0.2) is 27.0 Å². The van der Waals surface area contributed by atoms with E-state index in [2.05, 4.69) is 20.9 Å². The van der Waals surface area contributed by atoms with Gasteiger partial charge in [0.2, 0.25) is 5.88 Å². The van der Waals surface area contributed by atoms with Crippen molar-refractivity contribution in [2.75, 3.05) is 11.8 Å². The first kappa shape index (κ1) is 22.0. The van der Waals surface area contributed by atoms with Crippen molar-refractivity contribution in [2.45, 2.75) is 11.5 Å². The fourth-order valence-electron chi connectivity index (χ4n) is 3.10. The molecule has 0 radical (unpaired) electrons. The van der Waals surface area contributed by atoms with Gasteiger partial charge in [0.05, 0.1) is 28.5 Å². The summed E-state index contributed by atoms with van der Waals surface area (Å²) in [6.45, 7) is -0.425. The van der Waals surface area contributed by atoms with E-state index in [-0.39, 0.29) is 32.7 Å². The first-order chi connectivity index (χ1) is 15.1. The maximum absolute atomic E-state index is 14.7. The molecule has 4 bridgehead atoms. The number of carbonyl (C=O) groups excluding carboxylic acids is 1. The number of aromatic hydroxyl groups is 1. The van der Waals surface area contributed by atoms with Crippen molar-refractivity contribution in [3.05, 3.63) is 63.8 Å². The lowest BCUT2D eigenvalue weighted by Gasteiger charge is -2.14. The number of hydrogen-bond donors (Lipinski definition) is 2. The van der Waals surface area contributed by atoms with Gasteiger partial charge >= 0.3 is 5.97 Å². The molecule has 1 aliphatic rings. The zero-order valence-electron chi connectivity index (χ0n) is 16.1. The number of sulfonamides is 1. The zero-order chi connectivity index (χ0) is 23.2. The highest BCUT2D eigenvalue weighted by Crippen LogP contribution is 2.37. The number of pyridine rings is 1. The average molecular weight is 527 g/mol. The van der Waals surface area contributed by atoms with Crippen molar-refractivity contribution < 1.29 is 36.6 Å². The molecule has 0 fully saturated rings. The van der Waals surface area contributed by atoms with Gasteiger partial charge < -0.3 is 14.6 Å². The number of ether oxygens (including phenoxy) is 2. The predicted octanol–water partition coefficient (Wildman–Crippen LogP) is 3.97. The fourth-order valence-corrected chi connectivity index (χ4v) is 4.89. The Morgan fingerprint density at radius 2 is 1.91 bits per heavy atom. The van der Waals surface area contributed by atoms with Gasteiger partial charge in [0.25, 0.3) is 10.0 Å². The summed E-state index contributed by atoms with van der Waals surface area (Å²) in [5, 5.41) is 10.2. The van der Waals surface area contributed by atoms with Crippen LogP contribution in [0.15, 0.2) is 45.8 Å². The van der Waals surface area contributed by atoms with Crippen LogP contribution in [0.5, 0.6) is 11.6 Å². The maximum Gasteiger partial charge on any atom is 0.338 e. The first-order valence-corrected chi connectivity index (χ1v) is 11.1. The monoisotopic (exact) mass is 526 g/mol. The molecule has 0 aliphatic carbocycles. The molecule has 2 N–H and O–H groups in total. The zero-order valence-corrected chi connectivity index (χ0v) is 18.6. The van der Waals surface area contributed by atoms with Crippen molar-refractivity contribution in [3.8, 4) is 22.8 Å². The molecule has 0 amide bonds. The Kier molecular flexibility index (Phi) is 5.51. The van der Waals surface area contributed by atoms with Crippen LogP contribution in [0.3, 0.4) is 0 Å². The Morgan fingerprint density at radius 3 is 2.62 bits per heavy atom. The lowest BCUT2D eigenvalue weighted by atomic mass is 10.0. The molecule has 0 atom stereocenters. The fraction of sp³-hybridized carbons (Fsp3) is 0.100. The number of carbonyl (C=O) groups is 1. The van der Waals surface area contributed by atoms with E-state index in [1.807, 2.05) is 4.72 Å². The summed E-state index contributed by atoms with van der Waals surface area (Å²) in [5.41, 5.74) is -0.754. The molecular formula is C20H13BrF2N2O6S. The van der Waals surface area contributed by atoms with E-state index in [9.17, 15) is 27.1 Å². The molecule has 32 heavy (non-hydrogen) atoms. The summed E-state index contributed by atoms with van der Waals surface area (Å²) < 4.78 is 67.1. The highest BCUT2D eigenvalue weighted by Gasteiger charge is 2.27. The first-order valence-electron chi connectivity index (χ1n) is 8.86. The van der Waals surface area contributed by atoms with Crippen LogP contribution in [0.1, 0.15) is 16.1 Å². The van der Waals surface area contributed by atoms with E-state index in [0.717, 1.165) is 18.2 Å². The second-order valence-corrected chi connectivity index (χ2v) is 9.15. The summed E-state index contributed by atoms with van der Waals surface area (Å²) in [4.78, 5) is 16.1. The molecule has 1 aromatic heterocycles. The number of anilines is 1. The van der Waals surface area contributed by atoms with Gasteiger partial charge in [-0.15, -0.1) is 0 Å². The van der Waals surface area contributed by atoms with Crippen molar-refractivity contribution >= 4 is 37.6 Å². The number of nitrogens with zero attached hydrogens (tertiary/aromatic N) is 1. The molecule has 4 rings (SSSR count). The number of benzene rings is 2. The van der Waals surface area contributed by atoms with Gasteiger partial charge in [0.15, 0.2) is 0 Å². The van der Waals surface area contributed by atoms with Crippen LogP contribution in [-0.2, 0) is 21.4 Å². The molecule has 2 heterocycles. The average Bonchev–Trinajstić information content (AvgIpc) is 2.75. The largest absolute Gasteiger partial charge is 0.505 e. The number of fused-ring (bicyclic) bond motifs is 6. The lowest BCUT2D eigenvalue weighted by molar-refractivity contribution is 0.0467. The second kappa shape index (κ2) is 8.02. The molecule has 2 aromatic carbocycles. The summed E-state index contributed by atoms with van der Waals surface area (Å²) in [5.74, 6) is -3.67. The van der Waals surface area contributed by atoms with Gasteiger partial charge in [-0.2, -0.15) is 0 Å². The molecule has 8 nitrogen and oxygen atoms in total. The number of aromatic nitrogens is 1. The summed E-state index contributed by atoms with van der Waals surface area (Å²) >= 11 is 2.99. The molecule has 3 aromatic rings. The number of phenolic OH excluding ortho intramolecular Hbond substituents is 1. The molecule has 0 unspecified atom stereocenters. The predicted molar refractivity (Wildman–Crippen MR) is 112 cm³/mol. The third-order valence-corrected chi connectivity index (χ3v) is 6.63.